The van der Waals surface area contributed by atoms with Gasteiger partial charge in [-0.05, 0) is 24.3 Å². The number of hydrogen-bond acceptors (Lipinski definition) is 2. The van der Waals surface area contributed by atoms with Crippen LogP contribution in [0.1, 0.15) is 15.9 Å². The lowest BCUT2D eigenvalue weighted by atomic mass is 10.1. The van der Waals surface area contributed by atoms with Crippen LogP contribution in [-0.2, 0) is 6.54 Å². The fourth-order valence-electron chi connectivity index (χ4n) is 1.79. The smallest absolute Gasteiger partial charge is 0.255 e. The Labute approximate surface area is 129 Å². The Morgan fingerprint density at radius 2 is 2.00 bits per heavy atom. The maximum absolute atomic E-state index is 13.5. The van der Waals surface area contributed by atoms with Gasteiger partial charge in [0.2, 0.25) is 0 Å². The quantitative estimate of drug-likeness (QED) is 0.908. The van der Waals surface area contributed by atoms with Crippen LogP contribution in [0.3, 0.4) is 0 Å². The van der Waals surface area contributed by atoms with Crippen LogP contribution in [0.25, 0.3) is 0 Å². The summed E-state index contributed by atoms with van der Waals surface area (Å²) in [6, 6.07) is 8.18. The van der Waals surface area contributed by atoms with E-state index in [2.05, 4.69) is 21.2 Å². The molecule has 0 aliphatic rings. The molecule has 0 saturated carbocycles. The van der Waals surface area contributed by atoms with Gasteiger partial charge in [0.25, 0.3) is 5.91 Å². The zero-order chi connectivity index (χ0) is 15.4. The molecule has 1 amide bonds. The molecule has 2 aromatic carbocycles. The second-order valence-electron chi connectivity index (χ2n) is 4.26. The number of methoxy groups -OCH3 is 1. The van der Waals surface area contributed by atoms with E-state index in [0.29, 0.717) is 11.3 Å². The lowest BCUT2D eigenvalue weighted by Crippen LogP contribution is -2.23. The molecule has 21 heavy (non-hydrogen) atoms. The zero-order valence-corrected chi connectivity index (χ0v) is 12.7. The number of ether oxygens (including phenoxy) is 1. The monoisotopic (exact) mass is 355 g/mol. The summed E-state index contributed by atoms with van der Waals surface area (Å²) in [5.41, 5.74) is 0.545. The molecule has 0 heterocycles. The first-order valence-electron chi connectivity index (χ1n) is 6.07. The van der Waals surface area contributed by atoms with Crippen molar-refractivity contribution in [3.63, 3.8) is 0 Å². The molecule has 110 valence electrons. The zero-order valence-electron chi connectivity index (χ0n) is 11.1. The Bertz CT molecular complexity index is 677. The van der Waals surface area contributed by atoms with Gasteiger partial charge in [0.15, 0.2) is 0 Å². The molecule has 1 N–H and O–H groups in total. The fourth-order valence-corrected chi connectivity index (χ4v) is 2.13. The molecule has 2 aromatic rings. The number of carbonyl (C=O) groups is 1. The van der Waals surface area contributed by atoms with Gasteiger partial charge in [0.05, 0.1) is 12.7 Å². The standard InChI is InChI=1S/C15H12BrF2NO2/c1-21-14-6-10(16)3-5-12(14)15(20)19-8-9-2-4-11(17)7-13(9)18/h2-7H,8H2,1H3,(H,19,20). The summed E-state index contributed by atoms with van der Waals surface area (Å²) in [5.74, 6) is -1.35. The lowest BCUT2D eigenvalue weighted by molar-refractivity contribution is 0.0947. The molecule has 0 radical (unpaired) electrons. The predicted octanol–water partition coefficient (Wildman–Crippen LogP) is 3.67. The van der Waals surface area contributed by atoms with Crippen molar-refractivity contribution in [2.75, 3.05) is 7.11 Å². The van der Waals surface area contributed by atoms with Crippen LogP contribution in [0, 0.1) is 11.6 Å². The van der Waals surface area contributed by atoms with Crippen molar-refractivity contribution in [1.82, 2.24) is 5.32 Å². The van der Waals surface area contributed by atoms with Crippen molar-refractivity contribution in [1.29, 1.82) is 0 Å². The van der Waals surface area contributed by atoms with Crippen molar-refractivity contribution >= 4 is 21.8 Å². The molecule has 0 bridgehead atoms. The van der Waals surface area contributed by atoms with E-state index in [1.165, 1.54) is 13.2 Å². The van der Waals surface area contributed by atoms with E-state index in [1.54, 1.807) is 18.2 Å². The maximum atomic E-state index is 13.5. The van der Waals surface area contributed by atoms with Crippen molar-refractivity contribution in [2.45, 2.75) is 6.54 Å². The molecule has 2 rings (SSSR count). The molecule has 6 heteroatoms. The molecule has 0 fully saturated rings. The highest BCUT2D eigenvalue weighted by Gasteiger charge is 2.13. The van der Waals surface area contributed by atoms with E-state index >= 15 is 0 Å². The predicted molar refractivity (Wildman–Crippen MR) is 78.2 cm³/mol. The highest BCUT2D eigenvalue weighted by atomic mass is 79.9. The Kier molecular flexibility index (Phi) is 4.90. The van der Waals surface area contributed by atoms with Gasteiger partial charge < -0.3 is 10.1 Å². The van der Waals surface area contributed by atoms with Crippen LogP contribution in [0.4, 0.5) is 8.78 Å². The first-order chi connectivity index (χ1) is 10.0. The topological polar surface area (TPSA) is 38.3 Å². The number of rotatable bonds is 4. The summed E-state index contributed by atoms with van der Waals surface area (Å²) >= 11 is 3.28. The van der Waals surface area contributed by atoms with E-state index < -0.39 is 17.5 Å². The summed E-state index contributed by atoms with van der Waals surface area (Å²) in [6.07, 6.45) is 0. The Balaban J connectivity index is 2.11. The number of hydrogen-bond donors (Lipinski definition) is 1. The SMILES string of the molecule is COc1cc(Br)ccc1C(=O)NCc1ccc(F)cc1F. The second-order valence-corrected chi connectivity index (χ2v) is 5.18. The lowest BCUT2D eigenvalue weighted by Gasteiger charge is -2.10. The summed E-state index contributed by atoms with van der Waals surface area (Å²) in [7, 11) is 1.46. The van der Waals surface area contributed by atoms with Gasteiger partial charge in [-0.1, -0.05) is 22.0 Å². The van der Waals surface area contributed by atoms with Crippen molar-refractivity contribution in [3.8, 4) is 5.75 Å². The van der Waals surface area contributed by atoms with Crippen molar-refractivity contribution < 1.29 is 18.3 Å². The third-order valence-corrected chi connectivity index (χ3v) is 3.36. The molecule has 0 saturated heterocycles. The van der Waals surface area contributed by atoms with E-state index in [0.717, 1.165) is 16.6 Å². The first kappa shape index (κ1) is 15.4. The van der Waals surface area contributed by atoms with Crippen LogP contribution in [0.5, 0.6) is 5.75 Å². The van der Waals surface area contributed by atoms with Gasteiger partial charge in [-0.2, -0.15) is 0 Å². The molecule has 0 aromatic heterocycles. The first-order valence-corrected chi connectivity index (χ1v) is 6.86. The molecule has 0 aliphatic heterocycles. The van der Waals surface area contributed by atoms with Crippen molar-refractivity contribution in [2.24, 2.45) is 0 Å². The minimum Gasteiger partial charge on any atom is -0.496 e. The molecule has 0 aliphatic carbocycles. The molecular weight excluding hydrogens is 344 g/mol. The molecule has 3 nitrogen and oxygen atoms in total. The molecular formula is C15H12BrF2NO2. The number of benzene rings is 2. The van der Waals surface area contributed by atoms with Gasteiger partial charge in [-0.25, -0.2) is 8.78 Å². The fraction of sp³-hybridized carbons (Fsp3) is 0.133. The highest BCUT2D eigenvalue weighted by Crippen LogP contribution is 2.23. The average molecular weight is 356 g/mol. The molecule has 0 spiro atoms. The van der Waals surface area contributed by atoms with Crippen LogP contribution in [-0.4, -0.2) is 13.0 Å². The maximum Gasteiger partial charge on any atom is 0.255 e. The number of nitrogens with one attached hydrogen (secondary N) is 1. The van der Waals surface area contributed by atoms with Crippen molar-refractivity contribution in [3.05, 3.63) is 63.6 Å². The van der Waals surface area contributed by atoms with Crippen LogP contribution in [0.15, 0.2) is 40.9 Å². The third-order valence-electron chi connectivity index (χ3n) is 2.86. The summed E-state index contributed by atoms with van der Waals surface area (Å²) in [5, 5.41) is 2.57. The van der Waals surface area contributed by atoms with E-state index in [-0.39, 0.29) is 12.1 Å². The van der Waals surface area contributed by atoms with Crippen LogP contribution < -0.4 is 10.1 Å². The molecule has 0 atom stereocenters. The van der Waals surface area contributed by atoms with Gasteiger partial charge in [0.1, 0.15) is 17.4 Å². The van der Waals surface area contributed by atoms with E-state index in [9.17, 15) is 13.6 Å². The Morgan fingerprint density at radius 1 is 1.24 bits per heavy atom. The third kappa shape index (κ3) is 3.78. The summed E-state index contributed by atoms with van der Waals surface area (Å²) < 4.78 is 32.2. The minimum atomic E-state index is -0.696. The number of carbonyl (C=O) groups excluding carboxylic acids is 1. The van der Waals surface area contributed by atoms with E-state index in [4.69, 9.17) is 4.74 Å². The Morgan fingerprint density at radius 3 is 2.67 bits per heavy atom. The second kappa shape index (κ2) is 6.67. The van der Waals surface area contributed by atoms with Gasteiger partial charge in [-0.15, -0.1) is 0 Å². The minimum absolute atomic E-state index is 0.0375. The number of halogens is 3. The normalized spacial score (nSPS) is 10.3. The Hall–Kier alpha value is -1.95. The van der Waals surface area contributed by atoms with Gasteiger partial charge >= 0.3 is 0 Å². The summed E-state index contributed by atoms with van der Waals surface area (Å²) in [4.78, 5) is 12.1. The largest absolute Gasteiger partial charge is 0.496 e. The summed E-state index contributed by atoms with van der Waals surface area (Å²) in [6.45, 7) is -0.0375. The van der Waals surface area contributed by atoms with E-state index in [1.807, 2.05) is 0 Å². The van der Waals surface area contributed by atoms with Gasteiger partial charge in [-0.3, -0.25) is 4.79 Å². The highest BCUT2D eigenvalue weighted by molar-refractivity contribution is 9.10. The molecule has 0 unspecified atom stereocenters. The number of amides is 1. The van der Waals surface area contributed by atoms with Crippen LogP contribution >= 0.6 is 15.9 Å². The average Bonchev–Trinajstić information content (AvgIpc) is 2.45. The van der Waals surface area contributed by atoms with Crippen LogP contribution in [0.2, 0.25) is 0 Å². The van der Waals surface area contributed by atoms with Gasteiger partial charge in [0, 0.05) is 22.6 Å².